The Hall–Kier alpha value is -1.92. The SMILES string of the molecule is CCc1nc(C)sc1CN1C[C@H](NC(C)=O)[C@@H](c2ccc(OC)cc2)C1. The van der Waals surface area contributed by atoms with Crippen molar-refractivity contribution < 1.29 is 9.53 Å². The summed E-state index contributed by atoms with van der Waals surface area (Å²) in [6, 6.07) is 8.32. The number of carbonyl (C=O) groups is 1. The minimum atomic E-state index is 0.0262. The van der Waals surface area contributed by atoms with Crippen LogP contribution < -0.4 is 10.1 Å². The van der Waals surface area contributed by atoms with Gasteiger partial charge in [-0.1, -0.05) is 19.1 Å². The molecule has 6 heteroatoms. The molecule has 1 N–H and O–H groups in total. The van der Waals surface area contributed by atoms with Gasteiger partial charge in [0.25, 0.3) is 0 Å². The van der Waals surface area contributed by atoms with Crippen molar-refractivity contribution >= 4 is 17.2 Å². The zero-order valence-electron chi connectivity index (χ0n) is 15.9. The number of hydrogen-bond acceptors (Lipinski definition) is 5. The fourth-order valence-corrected chi connectivity index (χ4v) is 4.79. The van der Waals surface area contributed by atoms with Gasteiger partial charge in [-0.05, 0) is 31.0 Å². The van der Waals surface area contributed by atoms with Gasteiger partial charge >= 0.3 is 0 Å². The lowest BCUT2D eigenvalue weighted by Crippen LogP contribution is -2.38. The van der Waals surface area contributed by atoms with Crippen LogP contribution in [-0.4, -0.2) is 42.0 Å². The van der Waals surface area contributed by atoms with Gasteiger partial charge in [-0.2, -0.15) is 0 Å². The molecular weight excluding hydrogens is 346 g/mol. The van der Waals surface area contributed by atoms with E-state index in [2.05, 4.69) is 41.2 Å². The summed E-state index contributed by atoms with van der Waals surface area (Å²) in [6.07, 6.45) is 0.963. The standard InChI is InChI=1S/C20H27N3O2S/c1-5-18-20(26-14(3)22-18)12-23-10-17(19(11-23)21-13(2)24)15-6-8-16(25-4)9-7-15/h6-9,17,19H,5,10-12H2,1-4H3,(H,21,24)/t17-,19+/m1/s1. The first-order chi connectivity index (χ1) is 12.5. The lowest BCUT2D eigenvalue weighted by molar-refractivity contribution is -0.119. The summed E-state index contributed by atoms with van der Waals surface area (Å²) in [6.45, 7) is 8.50. The second-order valence-electron chi connectivity index (χ2n) is 6.84. The summed E-state index contributed by atoms with van der Waals surface area (Å²) in [5.41, 5.74) is 2.44. The molecule has 1 aromatic heterocycles. The maximum atomic E-state index is 11.7. The van der Waals surface area contributed by atoms with Crippen LogP contribution in [0.15, 0.2) is 24.3 Å². The monoisotopic (exact) mass is 373 g/mol. The number of nitrogens with zero attached hydrogens (tertiary/aromatic N) is 2. The molecule has 140 valence electrons. The molecule has 0 aliphatic carbocycles. The topological polar surface area (TPSA) is 54.5 Å². The molecule has 5 nitrogen and oxygen atoms in total. The molecule has 0 unspecified atom stereocenters. The van der Waals surface area contributed by atoms with E-state index >= 15 is 0 Å². The zero-order valence-corrected chi connectivity index (χ0v) is 16.7. The fraction of sp³-hybridized carbons (Fsp3) is 0.500. The quantitative estimate of drug-likeness (QED) is 0.845. The maximum absolute atomic E-state index is 11.7. The summed E-state index contributed by atoms with van der Waals surface area (Å²) in [5.74, 6) is 1.16. The van der Waals surface area contributed by atoms with E-state index in [0.29, 0.717) is 0 Å². The van der Waals surface area contributed by atoms with Gasteiger partial charge in [0.1, 0.15) is 5.75 Å². The highest BCUT2D eigenvalue weighted by Gasteiger charge is 2.34. The van der Waals surface area contributed by atoms with Crippen molar-refractivity contribution in [3.05, 3.63) is 45.4 Å². The van der Waals surface area contributed by atoms with E-state index in [1.807, 2.05) is 12.1 Å². The number of methoxy groups -OCH3 is 1. The molecule has 1 aromatic carbocycles. The van der Waals surface area contributed by atoms with Crippen molar-refractivity contribution in [2.75, 3.05) is 20.2 Å². The van der Waals surface area contributed by atoms with Gasteiger partial charge in [-0.3, -0.25) is 9.69 Å². The molecule has 1 fully saturated rings. The number of ether oxygens (including phenoxy) is 1. The number of carbonyl (C=O) groups excluding carboxylic acids is 1. The van der Waals surface area contributed by atoms with Gasteiger partial charge < -0.3 is 10.1 Å². The van der Waals surface area contributed by atoms with Gasteiger partial charge in [-0.15, -0.1) is 11.3 Å². The highest BCUT2D eigenvalue weighted by atomic mass is 32.1. The van der Waals surface area contributed by atoms with E-state index < -0.39 is 0 Å². The number of benzene rings is 1. The molecule has 2 heterocycles. The third-order valence-corrected chi connectivity index (χ3v) is 5.91. The average Bonchev–Trinajstić information content (AvgIpc) is 3.17. The zero-order chi connectivity index (χ0) is 18.7. The summed E-state index contributed by atoms with van der Waals surface area (Å²) in [5, 5.41) is 4.27. The third-order valence-electron chi connectivity index (χ3n) is 4.92. The van der Waals surface area contributed by atoms with Crippen LogP contribution in [0.25, 0.3) is 0 Å². The van der Waals surface area contributed by atoms with E-state index in [0.717, 1.165) is 36.8 Å². The number of thiazole rings is 1. The molecule has 0 bridgehead atoms. The number of nitrogens with one attached hydrogen (secondary N) is 1. The molecule has 0 radical (unpaired) electrons. The predicted molar refractivity (Wildman–Crippen MR) is 105 cm³/mol. The van der Waals surface area contributed by atoms with Crippen LogP contribution >= 0.6 is 11.3 Å². The first-order valence-corrected chi connectivity index (χ1v) is 9.90. The van der Waals surface area contributed by atoms with Crippen molar-refractivity contribution in [3.8, 4) is 5.75 Å². The number of aromatic nitrogens is 1. The molecule has 1 saturated heterocycles. The van der Waals surface area contributed by atoms with Gasteiger partial charge in [0.05, 0.1) is 17.8 Å². The molecule has 26 heavy (non-hydrogen) atoms. The normalized spacial score (nSPS) is 20.3. The van der Waals surface area contributed by atoms with Crippen LogP contribution in [0.3, 0.4) is 0 Å². The summed E-state index contributed by atoms with van der Waals surface area (Å²) < 4.78 is 5.27. The fourth-order valence-electron chi connectivity index (χ4n) is 3.73. The van der Waals surface area contributed by atoms with E-state index in [-0.39, 0.29) is 17.9 Å². The van der Waals surface area contributed by atoms with Crippen molar-refractivity contribution in [1.29, 1.82) is 0 Å². The highest BCUT2D eigenvalue weighted by Crippen LogP contribution is 2.31. The Balaban J connectivity index is 1.78. The Kier molecular flexibility index (Phi) is 5.94. The molecule has 2 atom stereocenters. The number of likely N-dealkylation sites (tertiary alicyclic amines) is 1. The van der Waals surface area contributed by atoms with Gasteiger partial charge in [0.2, 0.25) is 5.91 Å². The number of rotatable bonds is 6. The molecule has 2 aromatic rings. The van der Waals surface area contributed by atoms with Crippen LogP contribution in [0.5, 0.6) is 5.75 Å². The van der Waals surface area contributed by atoms with Crippen molar-refractivity contribution in [2.45, 2.75) is 45.7 Å². The molecule has 3 rings (SSSR count). The van der Waals surface area contributed by atoms with Crippen LogP contribution in [-0.2, 0) is 17.8 Å². The van der Waals surface area contributed by atoms with E-state index in [9.17, 15) is 4.79 Å². The largest absolute Gasteiger partial charge is 0.497 e. The first-order valence-electron chi connectivity index (χ1n) is 9.08. The molecule has 1 aliphatic rings. The summed E-state index contributed by atoms with van der Waals surface area (Å²) in [7, 11) is 1.68. The summed E-state index contributed by atoms with van der Waals surface area (Å²) >= 11 is 1.79. The first kappa shape index (κ1) is 18.9. The molecular formula is C20H27N3O2S. The van der Waals surface area contributed by atoms with E-state index in [1.165, 1.54) is 16.1 Å². The Labute approximate surface area is 159 Å². The van der Waals surface area contributed by atoms with Gasteiger partial charge in [0.15, 0.2) is 0 Å². The number of aryl methyl sites for hydroxylation is 2. The Morgan fingerprint density at radius 3 is 2.69 bits per heavy atom. The van der Waals surface area contributed by atoms with E-state index in [4.69, 9.17) is 4.74 Å². The Morgan fingerprint density at radius 1 is 1.35 bits per heavy atom. The maximum Gasteiger partial charge on any atom is 0.217 e. The minimum absolute atomic E-state index is 0.0262. The van der Waals surface area contributed by atoms with Crippen LogP contribution in [0.4, 0.5) is 0 Å². The Morgan fingerprint density at radius 2 is 2.08 bits per heavy atom. The average molecular weight is 374 g/mol. The number of hydrogen-bond donors (Lipinski definition) is 1. The van der Waals surface area contributed by atoms with Crippen LogP contribution in [0.2, 0.25) is 0 Å². The molecule has 0 spiro atoms. The van der Waals surface area contributed by atoms with E-state index in [1.54, 1.807) is 25.4 Å². The lowest BCUT2D eigenvalue weighted by atomic mass is 9.94. The third kappa shape index (κ3) is 4.24. The molecule has 1 aliphatic heterocycles. The predicted octanol–water partition coefficient (Wildman–Crippen LogP) is 3.13. The van der Waals surface area contributed by atoms with Gasteiger partial charge in [0, 0.05) is 43.4 Å². The van der Waals surface area contributed by atoms with Gasteiger partial charge in [-0.25, -0.2) is 4.98 Å². The van der Waals surface area contributed by atoms with Crippen molar-refractivity contribution in [2.24, 2.45) is 0 Å². The van der Waals surface area contributed by atoms with Crippen LogP contribution in [0.1, 0.15) is 40.9 Å². The van der Waals surface area contributed by atoms with Crippen molar-refractivity contribution in [3.63, 3.8) is 0 Å². The number of amides is 1. The second kappa shape index (κ2) is 8.18. The van der Waals surface area contributed by atoms with Crippen molar-refractivity contribution in [1.82, 2.24) is 15.2 Å². The second-order valence-corrected chi connectivity index (χ2v) is 8.12. The van der Waals surface area contributed by atoms with Crippen LogP contribution in [0, 0.1) is 6.92 Å². The highest BCUT2D eigenvalue weighted by molar-refractivity contribution is 7.11. The summed E-state index contributed by atoms with van der Waals surface area (Å²) in [4.78, 5) is 20.1. The minimum Gasteiger partial charge on any atom is -0.497 e. The molecule has 1 amide bonds. The molecule has 0 saturated carbocycles. The lowest BCUT2D eigenvalue weighted by Gasteiger charge is -2.19. The Bertz CT molecular complexity index is 757. The smallest absolute Gasteiger partial charge is 0.217 e.